The molecule has 0 radical (unpaired) electrons. The van der Waals surface area contributed by atoms with Crippen molar-refractivity contribution in [1.82, 2.24) is 20.0 Å². The van der Waals surface area contributed by atoms with Crippen molar-refractivity contribution in [3.05, 3.63) is 41.2 Å². The molecule has 0 aliphatic carbocycles. The van der Waals surface area contributed by atoms with E-state index in [2.05, 4.69) is 36.1 Å². The van der Waals surface area contributed by atoms with Gasteiger partial charge in [-0.25, -0.2) is 8.42 Å². The van der Waals surface area contributed by atoms with Crippen LogP contribution in [0.15, 0.2) is 29.2 Å². The Morgan fingerprint density at radius 1 is 1.21 bits per heavy atom. The monoisotopic (exact) mass is 489 g/mol. The topological polar surface area (TPSA) is 87.5 Å². The number of sulfonamides is 1. The van der Waals surface area contributed by atoms with E-state index in [1.54, 1.807) is 37.7 Å². The molecule has 3 rings (SSSR count). The van der Waals surface area contributed by atoms with Gasteiger partial charge in [0.15, 0.2) is 0 Å². The maximum atomic E-state index is 13.8. The van der Waals surface area contributed by atoms with Crippen LogP contribution in [-0.4, -0.2) is 61.2 Å². The number of nitrogens with one attached hydrogen (secondary N) is 1. The van der Waals surface area contributed by atoms with Crippen molar-refractivity contribution in [1.29, 1.82) is 0 Å². The van der Waals surface area contributed by atoms with E-state index in [0.717, 1.165) is 18.7 Å². The lowest BCUT2D eigenvalue weighted by molar-refractivity contribution is -0.119. The Balaban J connectivity index is 1.82. The molecule has 0 saturated carbocycles. The normalized spacial score (nSPS) is 17.2. The minimum absolute atomic E-state index is 0.151. The van der Waals surface area contributed by atoms with Crippen LogP contribution in [0, 0.1) is 13.8 Å². The molecule has 2 heterocycles. The molecule has 1 aromatic heterocycles. The fraction of sp³-hybridized carbons (Fsp3) is 0.600. The van der Waals surface area contributed by atoms with Crippen molar-refractivity contribution in [3.63, 3.8) is 0 Å². The molecule has 188 valence electrons. The Morgan fingerprint density at radius 2 is 1.88 bits per heavy atom. The predicted octanol–water partition coefficient (Wildman–Crippen LogP) is 3.35. The van der Waals surface area contributed by atoms with Crippen LogP contribution in [0.5, 0.6) is 0 Å². The van der Waals surface area contributed by atoms with Crippen molar-refractivity contribution in [2.45, 2.75) is 70.7 Å². The van der Waals surface area contributed by atoms with Gasteiger partial charge in [0, 0.05) is 26.2 Å². The molecule has 1 amide bonds. The first-order valence-electron chi connectivity index (χ1n) is 12.2. The number of aryl methyl sites for hydroxylation is 2. The summed E-state index contributed by atoms with van der Waals surface area (Å²) >= 11 is 0. The lowest BCUT2D eigenvalue weighted by Gasteiger charge is -2.33. The summed E-state index contributed by atoms with van der Waals surface area (Å²) in [6, 6.07) is 7.90. The van der Waals surface area contributed by atoms with Gasteiger partial charge in [0.1, 0.15) is 11.4 Å². The lowest BCUT2D eigenvalue weighted by atomic mass is 10.0. The van der Waals surface area contributed by atoms with Crippen LogP contribution in [0.1, 0.15) is 62.9 Å². The first kappa shape index (κ1) is 26.2. The zero-order valence-electron chi connectivity index (χ0n) is 21.3. The SMILES string of the molecule is Cc1nn(C)c(C)c1S(=O)(=O)N(CC(=O)NCCN1CCCCC1C)c1ccc(C(C)C)cc1. The highest BCUT2D eigenvalue weighted by Gasteiger charge is 2.32. The van der Waals surface area contributed by atoms with Crippen LogP contribution in [0.2, 0.25) is 0 Å². The number of rotatable bonds is 9. The smallest absolute Gasteiger partial charge is 0.268 e. The van der Waals surface area contributed by atoms with Gasteiger partial charge >= 0.3 is 0 Å². The number of carbonyl (C=O) groups is 1. The first-order chi connectivity index (χ1) is 16.0. The van der Waals surface area contributed by atoms with Gasteiger partial charge in [0.05, 0.1) is 17.1 Å². The molecule has 1 aromatic carbocycles. The second-order valence-corrected chi connectivity index (χ2v) is 11.4. The molecule has 9 heteroatoms. The number of piperidine rings is 1. The fourth-order valence-corrected chi connectivity index (χ4v) is 6.42. The quantitative estimate of drug-likeness (QED) is 0.584. The van der Waals surface area contributed by atoms with E-state index in [1.165, 1.54) is 23.6 Å². The number of hydrogen-bond acceptors (Lipinski definition) is 5. The van der Waals surface area contributed by atoms with Crippen LogP contribution >= 0.6 is 0 Å². The zero-order chi connectivity index (χ0) is 25.0. The van der Waals surface area contributed by atoms with Gasteiger partial charge in [-0.3, -0.25) is 18.7 Å². The van der Waals surface area contributed by atoms with Crippen LogP contribution in [0.25, 0.3) is 0 Å². The summed E-state index contributed by atoms with van der Waals surface area (Å²) in [6.45, 7) is 11.8. The lowest BCUT2D eigenvalue weighted by Crippen LogP contribution is -2.45. The minimum atomic E-state index is -4.00. The van der Waals surface area contributed by atoms with Gasteiger partial charge in [0.2, 0.25) is 5.91 Å². The third-order valence-electron chi connectivity index (χ3n) is 6.79. The molecule has 0 bridgehead atoms. The highest BCUT2D eigenvalue weighted by Crippen LogP contribution is 2.29. The third-order valence-corrected chi connectivity index (χ3v) is 8.81. The second-order valence-electron chi connectivity index (χ2n) is 9.61. The Morgan fingerprint density at radius 3 is 2.44 bits per heavy atom. The minimum Gasteiger partial charge on any atom is -0.353 e. The van der Waals surface area contributed by atoms with E-state index < -0.39 is 10.0 Å². The summed E-state index contributed by atoms with van der Waals surface area (Å²) in [7, 11) is -2.28. The number of likely N-dealkylation sites (tertiary alicyclic amines) is 1. The molecule has 8 nitrogen and oxygen atoms in total. The van der Waals surface area contributed by atoms with Crippen molar-refractivity contribution in [3.8, 4) is 0 Å². The highest BCUT2D eigenvalue weighted by molar-refractivity contribution is 7.93. The van der Waals surface area contributed by atoms with Crippen LogP contribution in [-0.2, 0) is 21.9 Å². The van der Waals surface area contributed by atoms with Gasteiger partial charge in [-0.1, -0.05) is 32.4 Å². The summed E-state index contributed by atoms with van der Waals surface area (Å²) in [5.41, 5.74) is 2.53. The van der Waals surface area contributed by atoms with Crippen molar-refractivity contribution in [2.24, 2.45) is 7.05 Å². The van der Waals surface area contributed by atoms with E-state index in [0.29, 0.717) is 35.6 Å². The molecular weight excluding hydrogens is 450 g/mol. The molecule has 1 fully saturated rings. The zero-order valence-corrected chi connectivity index (χ0v) is 22.2. The van der Waals surface area contributed by atoms with Gasteiger partial charge in [-0.2, -0.15) is 5.10 Å². The molecule has 1 aliphatic rings. The Bertz CT molecular complexity index is 1090. The van der Waals surface area contributed by atoms with Gasteiger partial charge < -0.3 is 5.32 Å². The molecule has 0 spiro atoms. The Kier molecular flexibility index (Phi) is 8.41. The summed E-state index contributed by atoms with van der Waals surface area (Å²) < 4.78 is 30.3. The summed E-state index contributed by atoms with van der Waals surface area (Å²) in [4.78, 5) is 15.5. The van der Waals surface area contributed by atoms with E-state index in [-0.39, 0.29) is 17.3 Å². The molecule has 1 aliphatic heterocycles. The van der Waals surface area contributed by atoms with Gasteiger partial charge in [0.25, 0.3) is 10.0 Å². The van der Waals surface area contributed by atoms with Crippen LogP contribution < -0.4 is 9.62 Å². The van der Waals surface area contributed by atoms with E-state index in [4.69, 9.17) is 0 Å². The molecular formula is C25H39N5O3S. The molecule has 1 unspecified atom stereocenters. The fourth-order valence-electron chi connectivity index (χ4n) is 4.59. The Labute approximate surface area is 204 Å². The largest absolute Gasteiger partial charge is 0.353 e. The summed E-state index contributed by atoms with van der Waals surface area (Å²) in [5, 5.41) is 7.21. The molecule has 1 N–H and O–H groups in total. The molecule has 1 saturated heterocycles. The number of benzene rings is 1. The first-order valence-corrected chi connectivity index (χ1v) is 13.6. The van der Waals surface area contributed by atoms with Gasteiger partial charge in [-0.05, 0) is 63.8 Å². The van der Waals surface area contributed by atoms with E-state index in [9.17, 15) is 13.2 Å². The number of carbonyl (C=O) groups excluding carboxylic acids is 1. The summed E-state index contributed by atoms with van der Waals surface area (Å²) in [6.07, 6.45) is 3.61. The van der Waals surface area contributed by atoms with Crippen molar-refractivity contribution >= 4 is 21.6 Å². The number of anilines is 1. The number of amides is 1. The number of aromatic nitrogens is 2. The number of nitrogens with zero attached hydrogens (tertiary/aromatic N) is 4. The van der Waals surface area contributed by atoms with Crippen LogP contribution in [0.3, 0.4) is 0 Å². The third kappa shape index (κ3) is 5.81. The maximum absolute atomic E-state index is 13.8. The van der Waals surface area contributed by atoms with E-state index >= 15 is 0 Å². The number of hydrogen-bond donors (Lipinski definition) is 1. The summed E-state index contributed by atoms with van der Waals surface area (Å²) in [5.74, 6) is 0.00256. The standard InChI is InChI=1S/C25H39N5O3S/c1-18(2)22-10-12-23(13-11-22)30(34(32,33)25-20(4)27-28(6)21(25)5)17-24(31)26-14-16-29-15-8-7-9-19(29)3/h10-13,18-19H,7-9,14-17H2,1-6H3,(H,26,31). The average Bonchev–Trinajstić information content (AvgIpc) is 3.05. The van der Waals surface area contributed by atoms with Crippen molar-refractivity contribution < 1.29 is 13.2 Å². The predicted molar refractivity (Wildman–Crippen MR) is 136 cm³/mol. The molecule has 2 aromatic rings. The van der Waals surface area contributed by atoms with Gasteiger partial charge in [-0.15, -0.1) is 0 Å². The van der Waals surface area contributed by atoms with E-state index in [1.807, 2.05) is 12.1 Å². The second kappa shape index (κ2) is 10.9. The highest BCUT2D eigenvalue weighted by atomic mass is 32.2. The maximum Gasteiger partial charge on any atom is 0.268 e. The van der Waals surface area contributed by atoms with Crippen LogP contribution in [0.4, 0.5) is 5.69 Å². The molecule has 34 heavy (non-hydrogen) atoms. The Hall–Kier alpha value is -2.39. The molecule has 1 atom stereocenters. The van der Waals surface area contributed by atoms with Crippen molar-refractivity contribution in [2.75, 3.05) is 30.5 Å². The average molecular weight is 490 g/mol.